The Hall–Kier alpha value is -1.07. The second kappa shape index (κ2) is 4.25. The number of amides is 1. The van der Waals surface area contributed by atoms with Gasteiger partial charge in [0.25, 0.3) is 5.56 Å². The highest BCUT2D eigenvalue weighted by Gasteiger charge is 2.05. The van der Waals surface area contributed by atoms with Crippen molar-refractivity contribution in [2.24, 2.45) is 0 Å². The van der Waals surface area contributed by atoms with E-state index in [0.29, 0.717) is 0 Å². The third kappa shape index (κ3) is 2.71. The molecule has 0 saturated carbocycles. The molecule has 0 aromatic carbocycles. The SMILES string of the molecule is O=C(CCl)Nc1nc(Cl)c[nH]c1=O. The summed E-state index contributed by atoms with van der Waals surface area (Å²) in [5, 5.41) is 2.28. The topological polar surface area (TPSA) is 74.8 Å². The smallest absolute Gasteiger partial charge is 0.291 e. The molecular weight excluding hydrogens is 217 g/mol. The van der Waals surface area contributed by atoms with Crippen LogP contribution in [-0.2, 0) is 4.79 Å². The van der Waals surface area contributed by atoms with E-state index in [0.717, 1.165) is 0 Å². The largest absolute Gasteiger partial charge is 0.323 e. The van der Waals surface area contributed by atoms with Crippen molar-refractivity contribution in [1.82, 2.24) is 9.97 Å². The normalized spacial score (nSPS) is 9.69. The van der Waals surface area contributed by atoms with Crippen molar-refractivity contribution in [3.8, 4) is 0 Å². The fourth-order valence-electron chi connectivity index (χ4n) is 0.633. The summed E-state index contributed by atoms with van der Waals surface area (Å²) >= 11 is 10.7. The Morgan fingerprint density at radius 3 is 3.00 bits per heavy atom. The molecule has 1 aromatic rings. The molecule has 0 bridgehead atoms. The van der Waals surface area contributed by atoms with Crippen LogP contribution in [0.25, 0.3) is 0 Å². The average molecular weight is 222 g/mol. The van der Waals surface area contributed by atoms with Crippen LogP contribution in [0.3, 0.4) is 0 Å². The average Bonchev–Trinajstić information content (AvgIpc) is 2.11. The Bertz CT molecular complexity index is 376. The van der Waals surface area contributed by atoms with Crippen LogP contribution in [0.1, 0.15) is 0 Å². The quantitative estimate of drug-likeness (QED) is 0.719. The number of nitrogens with zero attached hydrogens (tertiary/aromatic N) is 1. The fraction of sp³-hybridized carbons (Fsp3) is 0.167. The molecule has 5 nitrogen and oxygen atoms in total. The molecule has 0 atom stereocenters. The summed E-state index contributed by atoms with van der Waals surface area (Å²) in [6, 6.07) is 0. The number of carbonyl (C=O) groups is 1. The van der Waals surface area contributed by atoms with Crippen molar-refractivity contribution in [2.75, 3.05) is 11.2 Å². The van der Waals surface area contributed by atoms with Crippen LogP contribution in [0.5, 0.6) is 0 Å². The van der Waals surface area contributed by atoms with E-state index in [-0.39, 0.29) is 16.9 Å². The van der Waals surface area contributed by atoms with Gasteiger partial charge in [0.05, 0.1) is 0 Å². The molecule has 1 heterocycles. The van der Waals surface area contributed by atoms with Crippen LogP contribution in [0.4, 0.5) is 5.82 Å². The second-order valence-electron chi connectivity index (χ2n) is 2.08. The molecule has 1 rings (SSSR count). The van der Waals surface area contributed by atoms with Gasteiger partial charge in [-0.05, 0) is 0 Å². The van der Waals surface area contributed by atoms with Crippen molar-refractivity contribution in [2.45, 2.75) is 0 Å². The minimum atomic E-state index is -0.525. The van der Waals surface area contributed by atoms with Gasteiger partial charge in [0, 0.05) is 6.20 Å². The lowest BCUT2D eigenvalue weighted by atomic mass is 10.6. The highest BCUT2D eigenvalue weighted by Crippen LogP contribution is 2.02. The molecular formula is C6H5Cl2N3O2. The molecule has 70 valence electrons. The van der Waals surface area contributed by atoms with Crippen molar-refractivity contribution >= 4 is 34.9 Å². The molecule has 2 N–H and O–H groups in total. The molecule has 7 heteroatoms. The van der Waals surface area contributed by atoms with E-state index in [1.54, 1.807) is 0 Å². The van der Waals surface area contributed by atoms with Crippen LogP contribution in [-0.4, -0.2) is 21.8 Å². The van der Waals surface area contributed by atoms with Crippen LogP contribution >= 0.6 is 23.2 Å². The van der Waals surface area contributed by atoms with Gasteiger partial charge in [-0.15, -0.1) is 11.6 Å². The van der Waals surface area contributed by atoms with E-state index in [9.17, 15) is 9.59 Å². The monoisotopic (exact) mass is 221 g/mol. The summed E-state index contributed by atoms with van der Waals surface area (Å²) in [6.07, 6.45) is 1.22. The predicted octanol–water partition coefficient (Wildman–Crippen LogP) is 0.601. The minimum Gasteiger partial charge on any atom is -0.323 e. The van der Waals surface area contributed by atoms with Gasteiger partial charge in [-0.1, -0.05) is 11.6 Å². The number of hydrogen-bond donors (Lipinski definition) is 2. The van der Waals surface area contributed by atoms with Crippen LogP contribution < -0.4 is 10.9 Å². The van der Waals surface area contributed by atoms with Crippen molar-refractivity contribution in [1.29, 1.82) is 0 Å². The highest BCUT2D eigenvalue weighted by molar-refractivity contribution is 6.30. The number of anilines is 1. The zero-order valence-electron chi connectivity index (χ0n) is 6.30. The Morgan fingerprint density at radius 1 is 1.69 bits per heavy atom. The minimum absolute atomic E-state index is 0.0875. The van der Waals surface area contributed by atoms with Gasteiger partial charge in [0.15, 0.2) is 0 Å². The van der Waals surface area contributed by atoms with E-state index in [4.69, 9.17) is 23.2 Å². The molecule has 0 spiro atoms. The van der Waals surface area contributed by atoms with Crippen LogP contribution in [0.15, 0.2) is 11.0 Å². The van der Waals surface area contributed by atoms with Gasteiger partial charge in [-0.25, -0.2) is 4.98 Å². The Kier molecular flexibility index (Phi) is 3.27. The van der Waals surface area contributed by atoms with Gasteiger partial charge in [0.1, 0.15) is 11.0 Å². The number of H-pyrrole nitrogens is 1. The van der Waals surface area contributed by atoms with E-state index in [1.807, 2.05) is 0 Å². The number of nitrogens with one attached hydrogen (secondary N) is 2. The van der Waals surface area contributed by atoms with Gasteiger partial charge in [-0.2, -0.15) is 0 Å². The summed E-state index contributed by atoms with van der Waals surface area (Å²) in [4.78, 5) is 27.6. The number of hydrogen-bond acceptors (Lipinski definition) is 3. The maximum absolute atomic E-state index is 11.0. The first-order valence-electron chi connectivity index (χ1n) is 3.24. The summed E-state index contributed by atoms with van der Waals surface area (Å²) in [5.41, 5.74) is -0.525. The van der Waals surface area contributed by atoms with Crippen LogP contribution in [0, 0.1) is 0 Å². The number of rotatable bonds is 2. The van der Waals surface area contributed by atoms with E-state index < -0.39 is 11.5 Å². The molecule has 0 aliphatic heterocycles. The molecule has 0 radical (unpaired) electrons. The second-order valence-corrected chi connectivity index (χ2v) is 2.74. The number of aromatic nitrogens is 2. The van der Waals surface area contributed by atoms with Gasteiger partial charge in [0.2, 0.25) is 11.7 Å². The summed E-state index contributed by atoms with van der Waals surface area (Å²) in [6.45, 7) is 0. The molecule has 1 aromatic heterocycles. The van der Waals surface area contributed by atoms with Gasteiger partial charge < -0.3 is 10.3 Å². The number of alkyl halides is 1. The lowest BCUT2D eigenvalue weighted by Crippen LogP contribution is -2.21. The van der Waals surface area contributed by atoms with Gasteiger partial charge >= 0.3 is 0 Å². The summed E-state index contributed by atoms with van der Waals surface area (Å²) in [5.74, 6) is -0.909. The number of halogens is 2. The number of aromatic amines is 1. The molecule has 1 amide bonds. The van der Waals surface area contributed by atoms with Crippen molar-refractivity contribution in [3.05, 3.63) is 21.7 Å². The molecule has 13 heavy (non-hydrogen) atoms. The predicted molar refractivity (Wildman–Crippen MR) is 49.2 cm³/mol. The Balaban J connectivity index is 2.94. The Morgan fingerprint density at radius 2 is 2.38 bits per heavy atom. The van der Waals surface area contributed by atoms with Gasteiger partial charge in [-0.3, -0.25) is 9.59 Å². The zero-order valence-corrected chi connectivity index (χ0v) is 7.82. The van der Waals surface area contributed by atoms with Crippen molar-refractivity contribution < 1.29 is 4.79 Å². The third-order valence-corrected chi connectivity index (χ3v) is 1.57. The molecule has 0 fully saturated rings. The molecule has 0 aliphatic rings. The zero-order chi connectivity index (χ0) is 9.84. The first-order valence-corrected chi connectivity index (χ1v) is 4.16. The lowest BCUT2D eigenvalue weighted by Gasteiger charge is -1.99. The number of carbonyl (C=O) groups excluding carboxylic acids is 1. The maximum Gasteiger partial charge on any atom is 0.291 e. The molecule has 0 aliphatic carbocycles. The first-order chi connectivity index (χ1) is 6.13. The molecule has 0 saturated heterocycles. The van der Waals surface area contributed by atoms with E-state index in [2.05, 4.69) is 15.3 Å². The Labute approximate surface area is 83.1 Å². The van der Waals surface area contributed by atoms with Crippen molar-refractivity contribution in [3.63, 3.8) is 0 Å². The third-order valence-electron chi connectivity index (χ3n) is 1.14. The lowest BCUT2D eigenvalue weighted by molar-refractivity contribution is -0.113. The van der Waals surface area contributed by atoms with Crippen LogP contribution in [0.2, 0.25) is 5.15 Å². The molecule has 0 unspecified atom stereocenters. The van der Waals surface area contributed by atoms with E-state index in [1.165, 1.54) is 6.20 Å². The first kappa shape index (κ1) is 10.0. The standard InChI is InChI=1S/C6H5Cl2N3O2/c7-1-4(12)11-5-6(13)9-2-3(8)10-5/h2H,1H2,(H,9,13)(H,10,11,12). The maximum atomic E-state index is 11.0. The van der Waals surface area contributed by atoms with E-state index >= 15 is 0 Å². The summed E-state index contributed by atoms with van der Waals surface area (Å²) < 4.78 is 0. The fourth-order valence-corrected chi connectivity index (χ4v) is 0.839. The summed E-state index contributed by atoms with van der Waals surface area (Å²) in [7, 11) is 0. The highest BCUT2D eigenvalue weighted by atomic mass is 35.5.